The molecule has 1 saturated carbocycles. The molecule has 1 fully saturated rings. The number of rotatable bonds is 5. The highest BCUT2D eigenvalue weighted by atomic mass is 16.3. The third-order valence-corrected chi connectivity index (χ3v) is 5.46. The number of nitrogens with one attached hydrogen (secondary N) is 1. The lowest BCUT2D eigenvalue weighted by Crippen LogP contribution is -2.40. The van der Waals surface area contributed by atoms with Crippen molar-refractivity contribution in [2.45, 2.75) is 31.1 Å². The summed E-state index contributed by atoms with van der Waals surface area (Å²) >= 11 is 0. The van der Waals surface area contributed by atoms with Gasteiger partial charge in [-0.2, -0.15) is 0 Å². The zero-order valence-corrected chi connectivity index (χ0v) is 14.8. The number of aliphatic hydroxyl groups is 1. The normalized spacial score (nSPS) is 18.0. The predicted octanol–water partition coefficient (Wildman–Crippen LogP) is 1.54. The fraction of sp³-hybridized carbons (Fsp3) is 0.450. The number of hydrogen-bond donors (Lipinski definition) is 2. The number of fused-ring (bicyclic) bond motifs is 1. The van der Waals surface area contributed by atoms with Crippen LogP contribution in [0.4, 0.5) is 5.82 Å². The molecule has 1 aliphatic heterocycles. The zero-order chi connectivity index (χ0) is 18.0. The third kappa shape index (κ3) is 3.05. The van der Waals surface area contributed by atoms with Crippen LogP contribution in [0.3, 0.4) is 0 Å². The first-order chi connectivity index (χ1) is 12.7. The monoisotopic (exact) mass is 352 g/mol. The summed E-state index contributed by atoms with van der Waals surface area (Å²) in [5.41, 5.74) is 2.89. The molecule has 1 aliphatic carbocycles. The molecule has 1 amide bonds. The van der Waals surface area contributed by atoms with Crippen molar-refractivity contribution in [3.63, 3.8) is 0 Å². The molecule has 0 saturated heterocycles. The van der Waals surface area contributed by atoms with Crippen molar-refractivity contribution in [2.75, 3.05) is 31.6 Å². The third-order valence-electron chi connectivity index (χ3n) is 5.46. The molecule has 0 unspecified atom stereocenters. The van der Waals surface area contributed by atoms with E-state index in [0.29, 0.717) is 19.6 Å². The van der Waals surface area contributed by atoms with E-state index in [1.54, 1.807) is 6.33 Å². The number of anilines is 1. The van der Waals surface area contributed by atoms with Crippen molar-refractivity contribution in [3.8, 4) is 0 Å². The molecule has 2 heterocycles. The molecule has 6 heteroatoms. The zero-order valence-electron chi connectivity index (χ0n) is 14.8. The van der Waals surface area contributed by atoms with Gasteiger partial charge in [0, 0.05) is 31.6 Å². The van der Waals surface area contributed by atoms with Gasteiger partial charge in [0.25, 0.3) is 0 Å². The van der Waals surface area contributed by atoms with Gasteiger partial charge in [-0.3, -0.25) is 4.79 Å². The summed E-state index contributed by atoms with van der Waals surface area (Å²) < 4.78 is 0. The van der Waals surface area contributed by atoms with E-state index in [4.69, 9.17) is 5.11 Å². The van der Waals surface area contributed by atoms with Crippen LogP contribution >= 0.6 is 0 Å². The van der Waals surface area contributed by atoms with Gasteiger partial charge in [0.15, 0.2) is 0 Å². The number of nitrogens with zero attached hydrogens (tertiary/aromatic N) is 3. The maximum absolute atomic E-state index is 13.3. The number of carbonyl (C=O) groups is 1. The van der Waals surface area contributed by atoms with Crippen molar-refractivity contribution >= 4 is 11.7 Å². The van der Waals surface area contributed by atoms with E-state index in [0.717, 1.165) is 48.3 Å². The number of aromatic nitrogens is 2. The lowest BCUT2D eigenvalue weighted by molar-refractivity contribution is -0.133. The summed E-state index contributed by atoms with van der Waals surface area (Å²) in [5.74, 6) is 1.02. The van der Waals surface area contributed by atoms with Crippen molar-refractivity contribution in [3.05, 3.63) is 53.5 Å². The van der Waals surface area contributed by atoms with E-state index >= 15 is 0 Å². The molecule has 0 atom stereocenters. The number of aliphatic hydroxyl groups excluding tert-OH is 1. The highest BCUT2D eigenvalue weighted by molar-refractivity contribution is 5.91. The Hall–Kier alpha value is -2.47. The first-order valence-electron chi connectivity index (χ1n) is 9.27. The average molecular weight is 352 g/mol. The molecular formula is C20H24N4O2. The molecule has 2 aromatic rings. The Kier molecular flexibility index (Phi) is 4.59. The number of hydrogen-bond acceptors (Lipinski definition) is 5. The number of benzene rings is 1. The molecule has 2 N–H and O–H groups in total. The van der Waals surface area contributed by atoms with Gasteiger partial charge in [0.2, 0.25) is 5.91 Å². The smallest absolute Gasteiger partial charge is 0.233 e. The minimum atomic E-state index is -0.318. The lowest BCUT2D eigenvalue weighted by atomic mass is 9.94. The molecule has 0 spiro atoms. The molecular weight excluding hydrogens is 328 g/mol. The SMILES string of the molecule is O=C(N1CCc2ncnc(NCCO)c2CC1)C1(c2ccccc2)CC1. The van der Waals surface area contributed by atoms with Gasteiger partial charge >= 0.3 is 0 Å². The van der Waals surface area contributed by atoms with Crippen LogP contribution < -0.4 is 5.32 Å². The van der Waals surface area contributed by atoms with E-state index in [2.05, 4.69) is 27.4 Å². The van der Waals surface area contributed by atoms with Crippen molar-refractivity contribution in [2.24, 2.45) is 0 Å². The van der Waals surface area contributed by atoms with E-state index in [1.165, 1.54) is 0 Å². The maximum Gasteiger partial charge on any atom is 0.233 e. The second-order valence-corrected chi connectivity index (χ2v) is 7.04. The molecule has 0 radical (unpaired) electrons. The second kappa shape index (κ2) is 7.03. The van der Waals surface area contributed by atoms with E-state index in [1.807, 2.05) is 23.1 Å². The summed E-state index contributed by atoms with van der Waals surface area (Å²) in [6, 6.07) is 10.2. The Morgan fingerprint density at radius 2 is 1.92 bits per heavy atom. The van der Waals surface area contributed by atoms with Crippen LogP contribution in [0.2, 0.25) is 0 Å². The highest BCUT2D eigenvalue weighted by Gasteiger charge is 2.52. The molecule has 2 aliphatic rings. The van der Waals surface area contributed by atoms with E-state index < -0.39 is 0 Å². The summed E-state index contributed by atoms with van der Waals surface area (Å²) in [7, 11) is 0. The lowest BCUT2D eigenvalue weighted by Gasteiger charge is -2.26. The standard InChI is InChI=1S/C20H24N4O2/c25-13-10-21-18-16-6-11-24(12-7-17(16)22-14-23-18)19(26)20(8-9-20)15-4-2-1-3-5-15/h1-5,14,25H,6-13H2,(H,21,22,23). The fourth-order valence-corrected chi connectivity index (χ4v) is 3.87. The summed E-state index contributed by atoms with van der Waals surface area (Å²) in [5, 5.41) is 12.2. The van der Waals surface area contributed by atoms with Gasteiger partial charge in [0.05, 0.1) is 17.7 Å². The van der Waals surface area contributed by atoms with Crippen molar-refractivity contribution in [1.29, 1.82) is 0 Å². The van der Waals surface area contributed by atoms with Crippen LogP contribution in [0.5, 0.6) is 0 Å². The average Bonchev–Trinajstić information content (AvgIpc) is 3.51. The minimum Gasteiger partial charge on any atom is -0.395 e. The summed E-state index contributed by atoms with van der Waals surface area (Å²) in [6.45, 7) is 1.89. The minimum absolute atomic E-state index is 0.0585. The van der Waals surface area contributed by atoms with Crippen LogP contribution in [-0.2, 0) is 23.1 Å². The first-order valence-corrected chi connectivity index (χ1v) is 9.27. The Morgan fingerprint density at radius 3 is 2.65 bits per heavy atom. The highest BCUT2D eigenvalue weighted by Crippen LogP contribution is 2.49. The quantitative estimate of drug-likeness (QED) is 0.853. The molecule has 0 bridgehead atoms. The van der Waals surface area contributed by atoms with Crippen LogP contribution in [0.25, 0.3) is 0 Å². The molecule has 1 aromatic carbocycles. The van der Waals surface area contributed by atoms with Crippen molar-refractivity contribution in [1.82, 2.24) is 14.9 Å². The Labute approximate surface area is 153 Å². The molecule has 26 heavy (non-hydrogen) atoms. The predicted molar refractivity (Wildman–Crippen MR) is 98.9 cm³/mol. The van der Waals surface area contributed by atoms with Gasteiger partial charge in [-0.15, -0.1) is 0 Å². The second-order valence-electron chi connectivity index (χ2n) is 7.04. The topological polar surface area (TPSA) is 78.4 Å². The van der Waals surface area contributed by atoms with Crippen LogP contribution in [0.1, 0.15) is 29.7 Å². The maximum atomic E-state index is 13.3. The van der Waals surface area contributed by atoms with Gasteiger partial charge in [-0.25, -0.2) is 9.97 Å². The number of amides is 1. The van der Waals surface area contributed by atoms with Crippen LogP contribution in [0.15, 0.2) is 36.7 Å². The molecule has 1 aromatic heterocycles. The van der Waals surface area contributed by atoms with E-state index in [-0.39, 0.29) is 17.9 Å². The fourth-order valence-electron chi connectivity index (χ4n) is 3.87. The van der Waals surface area contributed by atoms with Gasteiger partial charge in [-0.05, 0) is 24.8 Å². The molecule has 6 nitrogen and oxygen atoms in total. The van der Waals surface area contributed by atoms with Gasteiger partial charge in [0.1, 0.15) is 12.1 Å². The van der Waals surface area contributed by atoms with Crippen LogP contribution in [-0.4, -0.2) is 52.1 Å². The van der Waals surface area contributed by atoms with Gasteiger partial charge in [-0.1, -0.05) is 30.3 Å². The van der Waals surface area contributed by atoms with E-state index in [9.17, 15) is 4.79 Å². The largest absolute Gasteiger partial charge is 0.395 e. The Morgan fingerprint density at radius 1 is 1.15 bits per heavy atom. The first kappa shape index (κ1) is 17.0. The summed E-state index contributed by atoms with van der Waals surface area (Å²) in [6.07, 6.45) is 4.90. The van der Waals surface area contributed by atoms with Gasteiger partial charge < -0.3 is 15.3 Å². The summed E-state index contributed by atoms with van der Waals surface area (Å²) in [4.78, 5) is 24.0. The molecule has 4 rings (SSSR count). The molecule has 136 valence electrons. The van der Waals surface area contributed by atoms with Crippen LogP contribution in [0, 0.1) is 0 Å². The van der Waals surface area contributed by atoms with Crippen molar-refractivity contribution < 1.29 is 9.90 Å². The Balaban J connectivity index is 1.52. The Bertz CT molecular complexity index is 790. The number of carbonyl (C=O) groups excluding carboxylic acids is 1.